The second-order valence-electron chi connectivity index (χ2n) is 5.70. The molecule has 20 heavy (non-hydrogen) atoms. The van der Waals surface area contributed by atoms with Gasteiger partial charge in [0.05, 0.1) is 6.07 Å². The molecular formula is C16H23N3O. The quantitative estimate of drug-likeness (QED) is 0.887. The molecule has 4 heteroatoms. The molecule has 108 valence electrons. The minimum atomic E-state index is -0.943. The van der Waals surface area contributed by atoms with Crippen LogP contribution < -0.4 is 5.73 Å². The molecule has 4 nitrogen and oxygen atoms in total. The van der Waals surface area contributed by atoms with Crippen LogP contribution in [0.5, 0.6) is 0 Å². The first-order valence-electron chi connectivity index (χ1n) is 7.16. The van der Waals surface area contributed by atoms with Crippen molar-refractivity contribution in [3.05, 3.63) is 35.9 Å². The molecule has 1 aromatic carbocycles. The highest BCUT2D eigenvalue weighted by Crippen LogP contribution is 2.21. The summed E-state index contributed by atoms with van der Waals surface area (Å²) in [6.07, 6.45) is 2.19. The lowest BCUT2D eigenvalue weighted by atomic mass is 9.91. The zero-order valence-corrected chi connectivity index (χ0v) is 12.1. The van der Waals surface area contributed by atoms with Crippen LogP contribution in [0.25, 0.3) is 0 Å². The van der Waals surface area contributed by atoms with Gasteiger partial charge >= 0.3 is 0 Å². The Morgan fingerprint density at radius 2 is 2.00 bits per heavy atom. The predicted octanol–water partition coefficient (Wildman–Crippen LogP) is 1.72. The minimum absolute atomic E-state index is 0.546. The first-order valence-corrected chi connectivity index (χ1v) is 7.16. The van der Waals surface area contributed by atoms with Crippen LogP contribution in [0, 0.1) is 17.2 Å². The molecule has 1 saturated heterocycles. The van der Waals surface area contributed by atoms with Crippen LogP contribution in [0.2, 0.25) is 0 Å². The number of likely N-dealkylation sites (N-methyl/N-ethyl adjacent to an activating group) is 1. The molecule has 0 saturated carbocycles. The Hall–Kier alpha value is -1.41. The highest BCUT2D eigenvalue weighted by molar-refractivity contribution is 5.31. The third kappa shape index (κ3) is 3.80. The molecule has 1 aromatic rings. The summed E-state index contributed by atoms with van der Waals surface area (Å²) in [6, 6.07) is 11.9. The number of hydrogen-bond acceptors (Lipinski definition) is 4. The molecule has 1 atom stereocenters. The van der Waals surface area contributed by atoms with Crippen molar-refractivity contribution in [1.82, 2.24) is 4.90 Å². The van der Waals surface area contributed by atoms with Crippen LogP contribution in [0.4, 0.5) is 0 Å². The van der Waals surface area contributed by atoms with Crippen molar-refractivity contribution < 1.29 is 4.74 Å². The monoisotopic (exact) mass is 273 g/mol. The van der Waals surface area contributed by atoms with Gasteiger partial charge < -0.3 is 15.4 Å². The third-order valence-corrected chi connectivity index (χ3v) is 3.92. The van der Waals surface area contributed by atoms with Gasteiger partial charge in [-0.2, -0.15) is 5.26 Å². The Balaban J connectivity index is 1.97. The fourth-order valence-corrected chi connectivity index (χ4v) is 2.79. The van der Waals surface area contributed by atoms with Gasteiger partial charge in [-0.25, -0.2) is 0 Å². The van der Waals surface area contributed by atoms with E-state index in [2.05, 4.69) is 11.0 Å². The molecule has 0 aromatic heterocycles. The van der Waals surface area contributed by atoms with Crippen molar-refractivity contribution in [3.63, 3.8) is 0 Å². The molecule has 0 aliphatic carbocycles. The number of nitrogens with zero attached hydrogens (tertiary/aromatic N) is 2. The van der Waals surface area contributed by atoms with Crippen molar-refractivity contribution in [2.24, 2.45) is 11.7 Å². The average Bonchev–Trinajstić information content (AvgIpc) is 2.49. The van der Waals surface area contributed by atoms with E-state index < -0.39 is 5.54 Å². The molecule has 0 amide bonds. The summed E-state index contributed by atoms with van der Waals surface area (Å²) < 4.78 is 5.38. The smallest absolute Gasteiger partial charge is 0.142 e. The van der Waals surface area contributed by atoms with Gasteiger partial charge in [-0.3, -0.25) is 0 Å². The van der Waals surface area contributed by atoms with E-state index in [1.165, 1.54) is 0 Å². The van der Waals surface area contributed by atoms with Crippen LogP contribution >= 0.6 is 0 Å². The van der Waals surface area contributed by atoms with E-state index in [1.807, 2.05) is 37.4 Å². The Bertz CT molecular complexity index is 451. The van der Waals surface area contributed by atoms with E-state index in [0.29, 0.717) is 12.5 Å². The highest BCUT2D eigenvalue weighted by Gasteiger charge is 2.29. The summed E-state index contributed by atoms with van der Waals surface area (Å²) in [7, 11) is 2.04. The molecule has 1 fully saturated rings. The second kappa shape index (κ2) is 6.85. The summed E-state index contributed by atoms with van der Waals surface area (Å²) >= 11 is 0. The number of ether oxygens (including phenoxy) is 1. The van der Waals surface area contributed by atoms with Crippen LogP contribution in [0.3, 0.4) is 0 Å². The fourth-order valence-electron chi connectivity index (χ4n) is 2.79. The molecule has 2 N–H and O–H groups in total. The first-order chi connectivity index (χ1) is 9.64. The lowest BCUT2D eigenvalue weighted by molar-refractivity contribution is 0.0542. The standard InChI is InChI=1S/C16H23N3O/c1-19(11-14-7-9-20-10-8-14)13-16(18,12-17)15-5-3-2-4-6-15/h2-6,14H,7-11,13,18H2,1H3. The predicted molar refractivity (Wildman–Crippen MR) is 79.0 cm³/mol. The normalized spacial score (nSPS) is 19.5. The summed E-state index contributed by atoms with van der Waals surface area (Å²) in [5.74, 6) is 0.646. The van der Waals surface area contributed by atoms with Crippen molar-refractivity contribution in [2.75, 3.05) is 33.4 Å². The molecule has 0 radical (unpaired) electrons. The van der Waals surface area contributed by atoms with Gasteiger partial charge in [0, 0.05) is 26.3 Å². The molecule has 1 aliphatic heterocycles. The van der Waals surface area contributed by atoms with Crippen LogP contribution in [-0.4, -0.2) is 38.3 Å². The van der Waals surface area contributed by atoms with Crippen molar-refractivity contribution in [1.29, 1.82) is 5.26 Å². The summed E-state index contributed by atoms with van der Waals surface area (Å²) in [5, 5.41) is 9.47. The summed E-state index contributed by atoms with van der Waals surface area (Å²) in [6.45, 7) is 3.22. The number of benzene rings is 1. The third-order valence-electron chi connectivity index (χ3n) is 3.92. The molecule has 1 unspecified atom stereocenters. The van der Waals surface area contributed by atoms with Gasteiger partial charge in [-0.1, -0.05) is 30.3 Å². The van der Waals surface area contributed by atoms with Gasteiger partial charge in [-0.15, -0.1) is 0 Å². The van der Waals surface area contributed by atoms with Gasteiger partial charge in [0.2, 0.25) is 0 Å². The van der Waals surface area contributed by atoms with Gasteiger partial charge in [0.15, 0.2) is 0 Å². The Kier molecular flexibility index (Phi) is 5.13. The minimum Gasteiger partial charge on any atom is -0.381 e. The maximum atomic E-state index is 9.47. The second-order valence-corrected chi connectivity index (χ2v) is 5.70. The molecule has 1 aliphatic rings. The summed E-state index contributed by atoms with van der Waals surface area (Å²) in [5.41, 5.74) is 6.23. The molecule has 1 heterocycles. The zero-order chi connectivity index (χ0) is 14.4. The van der Waals surface area contributed by atoms with E-state index >= 15 is 0 Å². The molecule has 0 spiro atoms. The van der Waals surface area contributed by atoms with Gasteiger partial charge in [0.1, 0.15) is 5.54 Å². The SMILES string of the molecule is CN(CC1CCOCC1)CC(N)(C#N)c1ccccc1. The van der Waals surface area contributed by atoms with Crippen LogP contribution in [0.15, 0.2) is 30.3 Å². The van der Waals surface area contributed by atoms with Crippen LogP contribution in [0.1, 0.15) is 18.4 Å². The average molecular weight is 273 g/mol. The molecule has 2 rings (SSSR count). The van der Waals surface area contributed by atoms with E-state index in [-0.39, 0.29) is 0 Å². The molecular weight excluding hydrogens is 250 g/mol. The first kappa shape index (κ1) is 15.0. The van der Waals surface area contributed by atoms with Gasteiger partial charge in [0.25, 0.3) is 0 Å². The number of nitrogens with two attached hydrogens (primary N) is 1. The van der Waals surface area contributed by atoms with Crippen LogP contribution in [-0.2, 0) is 10.3 Å². The topological polar surface area (TPSA) is 62.3 Å². The maximum Gasteiger partial charge on any atom is 0.142 e. The lowest BCUT2D eigenvalue weighted by Crippen LogP contribution is -2.46. The fraction of sp³-hybridized carbons (Fsp3) is 0.562. The van der Waals surface area contributed by atoms with Crippen molar-refractivity contribution in [3.8, 4) is 6.07 Å². The number of hydrogen-bond donors (Lipinski definition) is 1. The van der Waals surface area contributed by atoms with Crippen molar-refractivity contribution in [2.45, 2.75) is 18.4 Å². The van der Waals surface area contributed by atoms with E-state index in [1.54, 1.807) is 0 Å². The van der Waals surface area contributed by atoms with Gasteiger partial charge in [-0.05, 0) is 31.4 Å². The van der Waals surface area contributed by atoms with E-state index in [4.69, 9.17) is 10.5 Å². The lowest BCUT2D eigenvalue weighted by Gasteiger charge is -2.32. The Labute approximate surface area is 121 Å². The Morgan fingerprint density at radius 3 is 2.60 bits per heavy atom. The van der Waals surface area contributed by atoms with E-state index in [0.717, 1.165) is 38.2 Å². The maximum absolute atomic E-state index is 9.47. The largest absolute Gasteiger partial charge is 0.381 e. The van der Waals surface area contributed by atoms with E-state index in [9.17, 15) is 5.26 Å². The summed E-state index contributed by atoms with van der Waals surface area (Å²) in [4.78, 5) is 2.17. The zero-order valence-electron chi connectivity index (χ0n) is 12.1. The highest BCUT2D eigenvalue weighted by atomic mass is 16.5. The van der Waals surface area contributed by atoms with Crippen molar-refractivity contribution >= 4 is 0 Å². The molecule has 0 bridgehead atoms. The number of rotatable bonds is 5. The Morgan fingerprint density at radius 1 is 1.35 bits per heavy atom. The number of nitriles is 1.